The normalized spacial score (nSPS) is 12.3. The van der Waals surface area contributed by atoms with Gasteiger partial charge < -0.3 is 9.73 Å². The fraction of sp³-hybridized carbons (Fsp3) is 0.375. The van der Waals surface area contributed by atoms with Crippen LogP contribution in [0.15, 0.2) is 34.7 Å². The van der Waals surface area contributed by atoms with E-state index < -0.39 is 4.92 Å². The maximum atomic E-state index is 10.8. The molecule has 1 N–H and O–H groups in total. The lowest BCUT2D eigenvalue weighted by Gasteiger charge is -2.17. The van der Waals surface area contributed by atoms with Crippen molar-refractivity contribution in [3.63, 3.8) is 0 Å². The third-order valence-electron chi connectivity index (χ3n) is 3.54. The second-order valence-corrected chi connectivity index (χ2v) is 5.16. The van der Waals surface area contributed by atoms with Crippen molar-refractivity contribution in [2.75, 3.05) is 6.54 Å². The van der Waals surface area contributed by atoms with Crippen molar-refractivity contribution in [1.82, 2.24) is 5.32 Å². The summed E-state index contributed by atoms with van der Waals surface area (Å²) < 4.78 is 5.37. The lowest BCUT2D eigenvalue weighted by molar-refractivity contribution is -0.402. The van der Waals surface area contributed by atoms with Crippen LogP contribution in [-0.4, -0.2) is 11.5 Å². The molecule has 0 saturated heterocycles. The van der Waals surface area contributed by atoms with Crippen LogP contribution in [0.5, 0.6) is 0 Å². The second-order valence-electron chi connectivity index (χ2n) is 5.16. The van der Waals surface area contributed by atoms with Gasteiger partial charge in [0.25, 0.3) is 0 Å². The SMILES string of the molecule is CCCNC(c1ccc(C)c(C)c1)c1ccc([N+](=O)[O-])o1. The zero-order valence-electron chi connectivity index (χ0n) is 12.6. The van der Waals surface area contributed by atoms with Crippen LogP contribution in [-0.2, 0) is 0 Å². The maximum absolute atomic E-state index is 10.8. The van der Waals surface area contributed by atoms with E-state index in [1.165, 1.54) is 17.2 Å². The minimum absolute atomic E-state index is 0.169. The van der Waals surface area contributed by atoms with E-state index in [0.717, 1.165) is 18.5 Å². The fourth-order valence-electron chi connectivity index (χ4n) is 2.21. The topological polar surface area (TPSA) is 68.3 Å². The smallest absolute Gasteiger partial charge is 0.404 e. The molecular formula is C16H20N2O3. The Hall–Kier alpha value is -2.14. The van der Waals surface area contributed by atoms with E-state index >= 15 is 0 Å². The zero-order chi connectivity index (χ0) is 15.4. The largest absolute Gasteiger partial charge is 0.433 e. The van der Waals surface area contributed by atoms with Crippen LogP contribution in [0.4, 0.5) is 5.88 Å². The van der Waals surface area contributed by atoms with Crippen LogP contribution < -0.4 is 5.32 Å². The molecule has 21 heavy (non-hydrogen) atoms. The molecule has 0 fully saturated rings. The van der Waals surface area contributed by atoms with Crippen LogP contribution in [0.1, 0.15) is 41.8 Å². The molecule has 112 valence electrons. The fourth-order valence-corrected chi connectivity index (χ4v) is 2.21. The van der Waals surface area contributed by atoms with Crippen molar-refractivity contribution in [3.8, 4) is 0 Å². The number of rotatable bonds is 6. The predicted molar refractivity (Wildman–Crippen MR) is 81.4 cm³/mol. The van der Waals surface area contributed by atoms with Crippen LogP contribution in [0.2, 0.25) is 0 Å². The van der Waals surface area contributed by atoms with E-state index in [4.69, 9.17) is 4.42 Å². The van der Waals surface area contributed by atoms with Crippen molar-refractivity contribution < 1.29 is 9.34 Å². The molecule has 0 aliphatic carbocycles. The second kappa shape index (κ2) is 6.54. The summed E-state index contributed by atoms with van der Waals surface area (Å²) in [4.78, 5) is 10.3. The van der Waals surface area contributed by atoms with E-state index in [0.29, 0.717) is 5.76 Å². The quantitative estimate of drug-likeness (QED) is 0.646. The van der Waals surface area contributed by atoms with Gasteiger partial charge in [-0.3, -0.25) is 10.1 Å². The summed E-state index contributed by atoms with van der Waals surface area (Å²) in [6.45, 7) is 7.01. The van der Waals surface area contributed by atoms with Gasteiger partial charge in [0.1, 0.15) is 10.7 Å². The van der Waals surface area contributed by atoms with Gasteiger partial charge in [-0.25, -0.2) is 0 Å². The monoisotopic (exact) mass is 288 g/mol. The molecule has 1 aromatic carbocycles. The summed E-state index contributed by atoms with van der Waals surface area (Å²) in [5.41, 5.74) is 3.46. The molecule has 0 bridgehead atoms. The third kappa shape index (κ3) is 3.49. The van der Waals surface area contributed by atoms with Crippen molar-refractivity contribution in [2.45, 2.75) is 33.2 Å². The van der Waals surface area contributed by atoms with E-state index in [1.807, 2.05) is 6.07 Å². The summed E-state index contributed by atoms with van der Waals surface area (Å²) in [7, 11) is 0. The molecule has 2 rings (SSSR count). The van der Waals surface area contributed by atoms with Gasteiger partial charge in [-0.1, -0.05) is 25.1 Å². The first-order chi connectivity index (χ1) is 10.0. The average molecular weight is 288 g/mol. The van der Waals surface area contributed by atoms with Gasteiger partial charge in [-0.05, 0) is 49.6 Å². The molecule has 0 spiro atoms. The Labute approximate surface area is 124 Å². The minimum atomic E-state index is -0.513. The Bertz CT molecular complexity index is 634. The van der Waals surface area contributed by atoms with Crippen molar-refractivity contribution in [1.29, 1.82) is 0 Å². The van der Waals surface area contributed by atoms with Gasteiger partial charge in [0, 0.05) is 0 Å². The maximum Gasteiger partial charge on any atom is 0.433 e. The molecule has 0 aliphatic heterocycles. The van der Waals surface area contributed by atoms with Gasteiger partial charge in [0.15, 0.2) is 0 Å². The predicted octanol–water partition coefficient (Wildman–Crippen LogP) is 3.89. The highest BCUT2D eigenvalue weighted by atomic mass is 16.6. The Balaban J connectivity index is 2.36. The van der Waals surface area contributed by atoms with E-state index in [1.54, 1.807) is 6.07 Å². The zero-order valence-corrected chi connectivity index (χ0v) is 12.6. The number of benzene rings is 1. The first-order valence-corrected chi connectivity index (χ1v) is 7.07. The highest BCUT2D eigenvalue weighted by molar-refractivity contribution is 5.35. The van der Waals surface area contributed by atoms with Gasteiger partial charge >= 0.3 is 5.88 Å². The molecule has 0 aliphatic rings. The van der Waals surface area contributed by atoms with Crippen molar-refractivity contribution in [3.05, 3.63) is 62.9 Å². The molecule has 2 aromatic rings. The molecule has 1 atom stereocenters. The number of hydrogen-bond acceptors (Lipinski definition) is 4. The molecule has 0 radical (unpaired) electrons. The third-order valence-corrected chi connectivity index (χ3v) is 3.54. The molecule has 0 saturated carbocycles. The summed E-state index contributed by atoms with van der Waals surface area (Å²) in [5.74, 6) is 0.343. The van der Waals surface area contributed by atoms with Crippen molar-refractivity contribution in [2.24, 2.45) is 0 Å². The summed E-state index contributed by atoms with van der Waals surface area (Å²) in [6, 6.07) is 9.08. The van der Waals surface area contributed by atoms with Gasteiger partial charge in [0.2, 0.25) is 0 Å². The lowest BCUT2D eigenvalue weighted by Crippen LogP contribution is -2.22. The number of nitrogens with zero attached hydrogens (tertiary/aromatic N) is 1. The summed E-state index contributed by atoms with van der Waals surface area (Å²) >= 11 is 0. The molecule has 1 aromatic heterocycles. The first-order valence-electron chi connectivity index (χ1n) is 7.07. The number of aryl methyl sites for hydroxylation is 2. The molecular weight excluding hydrogens is 268 g/mol. The lowest BCUT2D eigenvalue weighted by atomic mass is 9.99. The molecule has 0 amide bonds. The van der Waals surface area contributed by atoms with Crippen molar-refractivity contribution >= 4 is 5.88 Å². The minimum Gasteiger partial charge on any atom is -0.404 e. The number of hydrogen-bond donors (Lipinski definition) is 1. The Kier molecular flexibility index (Phi) is 4.75. The van der Waals surface area contributed by atoms with E-state index in [2.05, 4.69) is 38.2 Å². The Morgan fingerprint density at radius 1 is 1.24 bits per heavy atom. The van der Waals surface area contributed by atoms with Crippen LogP contribution in [0.25, 0.3) is 0 Å². The average Bonchev–Trinajstić information content (AvgIpc) is 2.93. The van der Waals surface area contributed by atoms with E-state index in [-0.39, 0.29) is 11.9 Å². The molecule has 1 heterocycles. The van der Waals surface area contributed by atoms with Crippen LogP contribution >= 0.6 is 0 Å². The highest BCUT2D eigenvalue weighted by Gasteiger charge is 2.21. The molecule has 5 nitrogen and oxygen atoms in total. The number of furan rings is 1. The van der Waals surface area contributed by atoms with E-state index in [9.17, 15) is 10.1 Å². The summed E-state index contributed by atoms with van der Waals surface area (Å²) in [5, 5.41) is 14.2. The number of nitrogens with one attached hydrogen (secondary N) is 1. The van der Waals surface area contributed by atoms with Gasteiger partial charge in [-0.15, -0.1) is 0 Å². The highest BCUT2D eigenvalue weighted by Crippen LogP contribution is 2.28. The standard InChI is InChI=1S/C16H20N2O3/c1-4-9-17-16(13-6-5-11(2)12(3)10-13)14-7-8-15(21-14)18(19)20/h5-8,10,16-17H,4,9H2,1-3H3. The first kappa shape index (κ1) is 15.3. The Morgan fingerprint density at radius 3 is 2.57 bits per heavy atom. The van der Waals surface area contributed by atoms with Gasteiger partial charge in [-0.2, -0.15) is 0 Å². The Morgan fingerprint density at radius 2 is 2.00 bits per heavy atom. The molecule has 1 unspecified atom stereocenters. The van der Waals surface area contributed by atoms with Crippen LogP contribution in [0.3, 0.4) is 0 Å². The van der Waals surface area contributed by atoms with Gasteiger partial charge in [0.05, 0.1) is 12.1 Å². The van der Waals surface area contributed by atoms with Crippen LogP contribution in [0, 0.1) is 24.0 Å². The summed E-state index contributed by atoms with van der Waals surface area (Å²) in [6.07, 6.45) is 0.976. The number of nitro groups is 1. The molecule has 5 heteroatoms.